The molecule has 0 amide bonds. The molecule has 2 rings (SSSR count). The third kappa shape index (κ3) is 3.50. The smallest absolute Gasteiger partial charge is 0.311 e. The van der Waals surface area contributed by atoms with E-state index in [4.69, 9.17) is 4.74 Å². The van der Waals surface area contributed by atoms with Gasteiger partial charge in [-0.05, 0) is 25.1 Å². The summed E-state index contributed by atoms with van der Waals surface area (Å²) in [7, 11) is -2.23. The highest BCUT2D eigenvalue weighted by Gasteiger charge is 2.45. The largest absolute Gasteiger partial charge is 0.469 e. The van der Waals surface area contributed by atoms with E-state index in [9.17, 15) is 13.2 Å². The van der Waals surface area contributed by atoms with Gasteiger partial charge >= 0.3 is 5.97 Å². The summed E-state index contributed by atoms with van der Waals surface area (Å²) in [5, 5.41) is -0.737. The SMILES string of the molecule is CCCCN1C[C@H](C(=O)OC)[C@@H](S(=O)(=O)c2ccccc2)C1. The maximum Gasteiger partial charge on any atom is 0.311 e. The standard InChI is InChI=1S/C16H23NO4S/c1-3-4-10-17-11-14(16(18)21-2)15(12-17)22(19,20)13-8-6-5-7-9-13/h5-9,14-15H,3-4,10-12H2,1-2H3/t14-,15-/m0/s1. The number of unbranched alkanes of at least 4 members (excludes halogenated alkanes) is 1. The summed E-state index contributed by atoms with van der Waals surface area (Å²) in [6.45, 7) is 3.73. The summed E-state index contributed by atoms with van der Waals surface area (Å²) in [4.78, 5) is 14.3. The Labute approximate surface area is 132 Å². The molecular formula is C16H23NO4S. The zero-order valence-electron chi connectivity index (χ0n) is 13.1. The second-order valence-corrected chi connectivity index (χ2v) is 7.81. The molecule has 0 aromatic heterocycles. The topological polar surface area (TPSA) is 63.7 Å². The van der Waals surface area contributed by atoms with Crippen LogP contribution in [0.25, 0.3) is 0 Å². The molecule has 1 fully saturated rings. The number of rotatable bonds is 6. The minimum Gasteiger partial charge on any atom is -0.469 e. The van der Waals surface area contributed by atoms with Gasteiger partial charge in [0.15, 0.2) is 9.84 Å². The first-order valence-corrected chi connectivity index (χ1v) is 9.14. The number of carbonyl (C=O) groups is 1. The van der Waals surface area contributed by atoms with Crippen LogP contribution in [0, 0.1) is 5.92 Å². The first-order valence-electron chi connectivity index (χ1n) is 7.59. The predicted molar refractivity (Wildman–Crippen MR) is 84.3 cm³/mol. The van der Waals surface area contributed by atoms with Gasteiger partial charge in [0.1, 0.15) is 0 Å². The number of nitrogens with zero attached hydrogens (tertiary/aromatic N) is 1. The lowest BCUT2D eigenvalue weighted by Crippen LogP contribution is -2.34. The Balaban J connectivity index is 2.27. The molecule has 1 heterocycles. The van der Waals surface area contributed by atoms with Crippen LogP contribution < -0.4 is 0 Å². The van der Waals surface area contributed by atoms with E-state index in [1.807, 2.05) is 0 Å². The van der Waals surface area contributed by atoms with Gasteiger partial charge < -0.3 is 9.64 Å². The van der Waals surface area contributed by atoms with Crippen LogP contribution in [0.15, 0.2) is 35.2 Å². The summed E-state index contributed by atoms with van der Waals surface area (Å²) in [5.74, 6) is -1.06. The second-order valence-electron chi connectivity index (χ2n) is 5.64. The van der Waals surface area contributed by atoms with Gasteiger partial charge in [-0.15, -0.1) is 0 Å². The first-order chi connectivity index (χ1) is 10.5. The zero-order valence-corrected chi connectivity index (χ0v) is 13.9. The molecule has 1 aromatic carbocycles. The van der Waals surface area contributed by atoms with E-state index in [2.05, 4.69) is 11.8 Å². The van der Waals surface area contributed by atoms with Crippen molar-refractivity contribution in [2.75, 3.05) is 26.7 Å². The molecule has 22 heavy (non-hydrogen) atoms. The molecular weight excluding hydrogens is 302 g/mol. The van der Waals surface area contributed by atoms with E-state index in [1.54, 1.807) is 30.3 Å². The molecule has 122 valence electrons. The average Bonchev–Trinajstić information content (AvgIpc) is 2.98. The highest BCUT2D eigenvalue weighted by molar-refractivity contribution is 7.92. The Kier molecular flexibility index (Phi) is 5.58. The molecule has 6 heteroatoms. The Morgan fingerprint density at radius 1 is 1.27 bits per heavy atom. The molecule has 1 aromatic rings. The molecule has 1 aliphatic heterocycles. The van der Waals surface area contributed by atoms with Crippen LogP contribution in [0.4, 0.5) is 0 Å². The van der Waals surface area contributed by atoms with Gasteiger partial charge in [0, 0.05) is 13.1 Å². The lowest BCUT2D eigenvalue weighted by molar-refractivity contribution is -0.144. The van der Waals surface area contributed by atoms with Crippen molar-refractivity contribution in [3.8, 4) is 0 Å². The molecule has 1 aliphatic rings. The van der Waals surface area contributed by atoms with E-state index < -0.39 is 27.0 Å². The van der Waals surface area contributed by atoms with Crippen LogP contribution in [0.5, 0.6) is 0 Å². The third-order valence-corrected chi connectivity index (χ3v) is 6.35. The molecule has 0 bridgehead atoms. The monoisotopic (exact) mass is 325 g/mol. The van der Waals surface area contributed by atoms with Crippen molar-refractivity contribution in [1.29, 1.82) is 0 Å². The molecule has 5 nitrogen and oxygen atoms in total. The molecule has 0 unspecified atom stereocenters. The third-order valence-electron chi connectivity index (χ3n) is 4.14. The average molecular weight is 325 g/mol. The molecule has 1 saturated heterocycles. The van der Waals surface area contributed by atoms with Crippen LogP contribution in [0.3, 0.4) is 0 Å². The molecule has 2 atom stereocenters. The van der Waals surface area contributed by atoms with E-state index in [-0.39, 0.29) is 4.90 Å². The van der Waals surface area contributed by atoms with Crippen molar-refractivity contribution < 1.29 is 17.9 Å². The quantitative estimate of drug-likeness (QED) is 0.745. The van der Waals surface area contributed by atoms with Crippen molar-refractivity contribution >= 4 is 15.8 Å². The van der Waals surface area contributed by atoms with Crippen molar-refractivity contribution in [3.05, 3.63) is 30.3 Å². The summed E-state index contributed by atoms with van der Waals surface area (Å²) >= 11 is 0. The number of carbonyl (C=O) groups excluding carboxylic acids is 1. The highest BCUT2D eigenvalue weighted by Crippen LogP contribution is 2.29. The number of ether oxygens (including phenoxy) is 1. The van der Waals surface area contributed by atoms with E-state index in [0.717, 1.165) is 19.4 Å². The van der Waals surface area contributed by atoms with Crippen LogP contribution in [-0.4, -0.2) is 51.3 Å². The number of likely N-dealkylation sites (tertiary alicyclic amines) is 1. The molecule has 0 saturated carbocycles. The Morgan fingerprint density at radius 2 is 1.95 bits per heavy atom. The van der Waals surface area contributed by atoms with Crippen LogP contribution in [0.2, 0.25) is 0 Å². The van der Waals surface area contributed by atoms with E-state index >= 15 is 0 Å². The molecule has 0 N–H and O–H groups in total. The van der Waals surface area contributed by atoms with Crippen molar-refractivity contribution in [2.45, 2.75) is 29.9 Å². The van der Waals surface area contributed by atoms with E-state index in [0.29, 0.717) is 13.1 Å². The number of hydrogen-bond donors (Lipinski definition) is 0. The number of hydrogen-bond acceptors (Lipinski definition) is 5. The normalized spacial score (nSPS) is 22.6. The molecule has 0 aliphatic carbocycles. The first kappa shape index (κ1) is 17.0. The van der Waals surface area contributed by atoms with Gasteiger partial charge in [0.05, 0.1) is 23.2 Å². The fraction of sp³-hybridized carbons (Fsp3) is 0.562. The number of esters is 1. The summed E-state index contributed by atoms with van der Waals surface area (Å²) in [6, 6.07) is 8.34. The minimum absolute atomic E-state index is 0.270. The maximum atomic E-state index is 12.9. The van der Waals surface area contributed by atoms with Crippen molar-refractivity contribution in [3.63, 3.8) is 0 Å². The van der Waals surface area contributed by atoms with Crippen molar-refractivity contribution in [2.24, 2.45) is 5.92 Å². The fourth-order valence-corrected chi connectivity index (χ4v) is 4.82. The molecule has 0 radical (unpaired) electrons. The lowest BCUT2D eigenvalue weighted by Gasteiger charge is -2.17. The maximum absolute atomic E-state index is 12.9. The predicted octanol–water partition coefficient (Wildman–Crippen LogP) is 1.73. The molecule has 0 spiro atoms. The summed E-state index contributed by atoms with van der Waals surface area (Å²) < 4.78 is 30.5. The van der Waals surface area contributed by atoms with E-state index in [1.165, 1.54) is 7.11 Å². The Hall–Kier alpha value is -1.40. The highest BCUT2D eigenvalue weighted by atomic mass is 32.2. The van der Waals surface area contributed by atoms with Gasteiger partial charge in [0.25, 0.3) is 0 Å². The van der Waals surface area contributed by atoms with Crippen LogP contribution >= 0.6 is 0 Å². The summed E-state index contributed by atoms with van der Waals surface area (Å²) in [6.07, 6.45) is 2.03. The van der Waals surface area contributed by atoms with Crippen LogP contribution in [-0.2, 0) is 19.4 Å². The number of methoxy groups -OCH3 is 1. The Bertz CT molecular complexity index is 600. The number of benzene rings is 1. The van der Waals surface area contributed by atoms with Gasteiger partial charge in [-0.25, -0.2) is 8.42 Å². The minimum atomic E-state index is -3.54. The Morgan fingerprint density at radius 3 is 2.55 bits per heavy atom. The van der Waals surface area contributed by atoms with Gasteiger partial charge in [0.2, 0.25) is 0 Å². The lowest BCUT2D eigenvalue weighted by atomic mass is 10.1. The zero-order chi connectivity index (χ0) is 16.2. The van der Waals surface area contributed by atoms with Crippen LogP contribution in [0.1, 0.15) is 19.8 Å². The fourth-order valence-electron chi connectivity index (χ4n) is 2.89. The second kappa shape index (κ2) is 7.24. The number of sulfone groups is 1. The summed E-state index contributed by atoms with van der Waals surface area (Å²) in [5.41, 5.74) is 0. The van der Waals surface area contributed by atoms with Crippen molar-refractivity contribution in [1.82, 2.24) is 4.90 Å². The van der Waals surface area contributed by atoms with Gasteiger partial charge in [-0.3, -0.25) is 4.79 Å². The van der Waals surface area contributed by atoms with Gasteiger partial charge in [-0.2, -0.15) is 0 Å². The van der Waals surface area contributed by atoms with Gasteiger partial charge in [-0.1, -0.05) is 31.5 Å².